The third kappa shape index (κ3) is 5.56. The first kappa shape index (κ1) is 17.8. The maximum atomic E-state index is 11.8. The van der Waals surface area contributed by atoms with E-state index < -0.39 is 5.60 Å². The summed E-state index contributed by atoms with van der Waals surface area (Å²) in [5, 5.41) is 8.63. The zero-order chi connectivity index (χ0) is 16.3. The van der Waals surface area contributed by atoms with E-state index in [9.17, 15) is 4.79 Å². The molecule has 1 heterocycles. The number of halogens is 1. The molecular weight excluding hydrogens is 364 g/mol. The quantitative estimate of drug-likeness (QED) is 0.755. The fourth-order valence-electron chi connectivity index (χ4n) is 2.38. The first-order valence-corrected chi connectivity index (χ1v) is 9.39. The number of thiophene rings is 1. The minimum Gasteiger partial charge on any atom is -0.444 e. The monoisotopic (exact) mass is 388 g/mol. The zero-order valence-electron chi connectivity index (χ0n) is 13.6. The first-order valence-electron chi connectivity index (χ1n) is 7.72. The van der Waals surface area contributed by atoms with Crippen LogP contribution in [0.2, 0.25) is 0 Å². The molecule has 1 aromatic rings. The van der Waals surface area contributed by atoms with Crippen LogP contribution in [0.3, 0.4) is 0 Å². The predicted octanol–water partition coefficient (Wildman–Crippen LogP) is 4.46. The van der Waals surface area contributed by atoms with Crippen LogP contribution in [0.25, 0.3) is 0 Å². The third-order valence-electron chi connectivity index (χ3n) is 3.56. The lowest BCUT2D eigenvalue weighted by Crippen LogP contribution is -2.44. The number of hydrogen-bond donors (Lipinski definition) is 2. The Morgan fingerprint density at radius 1 is 1.50 bits per heavy atom. The second kappa shape index (κ2) is 7.32. The molecule has 1 amide bonds. The highest BCUT2D eigenvalue weighted by Gasteiger charge is 2.33. The highest BCUT2D eigenvalue weighted by molar-refractivity contribution is 9.10. The molecule has 1 aliphatic carbocycles. The van der Waals surface area contributed by atoms with Crippen LogP contribution in [-0.4, -0.2) is 24.3 Å². The van der Waals surface area contributed by atoms with E-state index in [-0.39, 0.29) is 18.2 Å². The lowest BCUT2D eigenvalue weighted by atomic mass is 10.1. The Morgan fingerprint density at radius 2 is 2.18 bits per heavy atom. The topological polar surface area (TPSA) is 50.4 Å². The number of carbonyl (C=O) groups is 1. The van der Waals surface area contributed by atoms with Crippen molar-refractivity contribution in [3.8, 4) is 0 Å². The molecule has 1 fully saturated rings. The molecule has 0 aliphatic heterocycles. The molecule has 124 valence electrons. The Balaban J connectivity index is 1.86. The van der Waals surface area contributed by atoms with E-state index >= 15 is 0 Å². The fourth-order valence-corrected chi connectivity index (χ4v) is 4.11. The van der Waals surface area contributed by atoms with E-state index in [2.05, 4.69) is 44.9 Å². The van der Waals surface area contributed by atoms with Crippen LogP contribution in [-0.2, 0) is 4.74 Å². The molecule has 0 aromatic carbocycles. The lowest BCUT2D eigenvalue weighted by Gasteiger charge is -2.25. The van der Waals surface area contributed by atoms with Gasteiger partial charge in [-0.1, -0.05) is 0 Å². The van der Waals surface area contributed by atoms with Crippen molar-refractivity contribution in [1.29, 1.82) is 0 Å². The van der Waals surface area contributed by atoms with Crippen molar-refractivity contribution in [1.82, 2.24) is 10.6 Å². The average molecular weight is 389 g/mol. The number of carbonyl (C=O) groups excluding carboxylic acids is 1. The number of nitrogens with one attached hydrogen (secondary N) is 2. The van der Waals surface area contributed by atoms with Crippen molar-refractivity contribution >= 4 is 33.4 Å². The molecule has 1 aromatic heterocycles. The van der Waals surface area contributed by atoms with Crippen molar-refractivity contribution in [2.45, 2.75) is 58.2 Å². The Labute approximate surface area is 145 Å². The number of ether oxygens (including phenoxy) is 1. The van der Waals surface area contributed by atoms with Gasteiger partial charge in [0.25, 0.3) is 0 Å². The summed E-state index contributed by atoms with van der Waals surface area (Å²) in [5.41, 5.74) is -0.457. The van der Waals surface area contributed by atoms with E-state index in [4.69, 9.17) is 4.74 Å². The Bertz CT molecular complexity index is 508. The van der Waals surface area contributed by atoms with Crippen LogP contribution >= 0.6 is 27.3 Å². The first-order chi connectivity index (χ1) is 10.3. The molecule has 2 rings (SSSR count). The maximum Gasteiger partial charge on any atom is 0.407 e. The Hall–Kier alpha value is -0.590. The maximum absolute atomic E-state index is 11.8. The van der Waals surface area contributed by atoms with Gasteiger partial charge in [-0.25, -0.2) is 4.79 Å². The summed E-state index contributed by atoms with van der Waals surface area (Å²) in [7, 11) is 0. The van der Waals surface area contributed by atoms with Crippen molar-refractivity contribution < 1.29 is 9.53 Å². The minimum absolute atomic E-state index is 0.264. The Morgan fingerprint density at radius 3 is 2.68 bits per heavy atom. The van der Waals surface area contributed by atoms with Crippen molar-refractivity contribution in [3.05, 3.63) is 20.8 Å². The summed E-state index contributed by atoms with van der Waals surface area (Å²) in [5.74, 6) is 0.649. The van der Waals surface area contributed by atoms with Crippen molar-refractivity contribution in [2.75, 3.05) is 6.54 Å². The number of hydrogen-bond acceptors (Lipinski definition) is 4. The number of rotatable bonds is 6. The molecule has 2 unspecified atom stereocenters. The number of amides is 1. The summed E-state index contributed by atoms with van der Waals surface area (Å²) < 4.78 is 6.45. The summed E-state index contributed by atoms with van der Waals surface area (Å²) >= 11 is 5.33. The SMILES string of the molecule is CC(NC(CNC(=O)OC(C)(C)C)C1CC1)c1sccc1Br. The molecule has 0 bridgehead atoms. The van der Waals surface area contributed by atoms with Gasteiger partial charge in [0.15, 0.2) is 0 Å². The molecule has 6 heteroatoms. The van der Waals surface area contributed by atoms with Gasteiger partial charge in [-0.3, -0.25) is 0 Å². The van der Waals surface area contributed by atoms with Crippen LogP contribution in [0.15, 0.2) is 15.9 Å². The molecular formula is C16H25BrN2O2S. The van der Waals surface area contributed by atoms with Crippen molar-refractivity contribution in [3.63, 3.8) is 0 Å². The van der Waals surface area contributed by atoms with Crippen LogP contribution in [0, 0.1) is 5.92 Å². The van der Waals surface area contributed by atoms with Gasteiger partial charge in [0.05, 0.1) is 0 Å². The minimum atomic E-state index is -0.457. The molecule has 2 atom stereocenters. The zero-order valence-corrected chi connectivity index (χ0v) is 16.0. The smallest absolute Gasteiger partial charge is 0.407 e. The van der Waals surface area contributed by atoms with Crippen LogP contribution < -0.4 is 10.6 Å². The summed E-state index contributed by atoms with van der Waals surface area (Å²) in [6.45, 7) is 8.39. The lowest BCUT2D eigenvalue weighted by molar-refractivity contribution is 0.0520. The summed E-state index contributed by atoms with van der Waals surface area (Å²) in [6.07, 6.45) is 2.11. The van der Waals surface area contributed by atoms with E-state index in [1.165, 1.54) is 17.7 Å². The van der Waals surface area contributed by atoms with Gasteiger partial charge in [-0.15, -0.1) is 11.3 Å². The van der Waals surface area contributed by atoms with E-state index in [0.717, 1.165) is 4.47 Å². The highest BCUT2D eigenvalue weighted by atomic mass is 79.9. The van der Waals surface area contributed by atoms with Crippen LogP contribution in [0.4, 0.5) is 4.79 Å². The molecule has 4 nitrogen and oxygen atoms in total. The standard InChI is InChI=1S/C16H25BrN2O2S/c1-10(14-12(17)7-8-22-14)19-13(11-5-6-11)9-18-15(20)21-16(2,3)4/h7-8,10-11,13,19H,5-6,9H2,1-4H3,(H,18,20). The van der Waals surface area contributed by atoms with Gasteiger partial charge in [-0.2, -0.15) is 0 Å². The molecule has 1 saturated carbocycles. The number of alkyl carbamates (subject to hydrolysis) is 1. The second-order valence-electron chi connectivity index (χ2n) is 6.85. The largest absolute Gasteiger partial charge is 0.444 e. The van der Waals surface area contributed by atoms with Gasteiger partial charge >= 0.3 is 6.09 Å². The van der Waals surface area contributed by atoms with Crippen LogP contribution in [0.1, 0.15) is 51.5 Å². The second-order valence-corrected chi connectivity index (χ2v) is 8.65. The molecule has 22 heavy (non-hydrogen) atoms. The molecule has 0 radical (unpaired) electrons. The van der Waals surface area contributed by atoms with Crippen LogP contribution in [0.5, 0.6) is 0 Å². The van der Waals surface area contributed by atoms with Gasteiger partial charge < -0.3 is 15.4 Å². The fraction of sp³-hybridized carbons (Fsp3) is 0.688. The average Bonchev–Trinajstić information content (AvgIpc) is 3.14. The van der Waals surface area contributed by atoms with Gasteiger partial charge in [0.1, 0.15) is 5.60 Å². The summed E-state index contributed by atoms with van der Waals surface area (Å²) in [4.78, 5) is 13.1. The van der Waals surface area contributed by atoms with Gasteiger partial charge in [0, 0.05) is 28.0 Å². The van der Waals surface area contributed by atoms with E-state index in [0.29, 0.717) is 12.5 Å². The Kier molecular flexibility index (Phi) is 5.91. The highest BCUT2D eigenvalue weighted by Crippen LogP contribution is 2.35. The van der Waals surface area contributed by atoms with Crippen molar-refractivity contribution in [2.24, 2.45) is 5.92 Å². The summed E-state index contributed by atoms with van der Waals surface area (Å²) in [6, 6.07) is 2.63. The normalized spacial score (nSPS) is 17.9. The van der Waals surface area contributed by atoms with E-state index in [1.807, 2.05) is 20.8 Å². The molecule has 2 N–H and O–H groups in total. The molecule has 1 aliphatic rings. The van der Waals surface area contributed by atoms with E-state index in [1.54, 1.807) is 11.3 Å². The molecule has 0 saturated heterocycles. The van der Waals surface area contributed by atoms with Gasteiger partial charge in [0.2, 0.25) is 0 Å². The van der Waals surface area contributed by atoms with Gasteiger partial charge in [-0.05, 0) is 73.8 Å². The third-order valence-corrected chi connectivity index (χ3v) is 5.61. The predicted molar refractivity (Wildman–Crippen MR) is 94.3 cm³/mol. The molecule has 0 spiro atoms.